The monoisotopic (exact) mass is 225 g/mol. The van der Waals surface area contributed by atoms with Gasteiger partial charge in [0.15, 0.2) is 0 Å². The van der Waals surface area contributed by atoms with Gasteiger partial charge in [-0.1, -0.05) is 0 Å². The molecule has 2 aliphatic heterocycles. The van der Waals surface area contributed by atoms with Crippen LogP contribution in [-0.4, -0.2) is 42.4 Å². The molecule has 0 aliphatic carbocycles. The van der Waals surface area contributed by atoms with Gasteiger partial charge in [0.1, 0.15) is 0 Å². The van der Waals surface area contributed by atoms with Crippen LogP contribution in [0.15, 0.2) is 0 Å². The fraction of sp³-hybridized carbons (Fsp3) is 0.818. The van der Waals surface area contributed by atoms with Gasteiger partial charge in [0.2, 0.25) is 11.8 Å². The number of primary amides is 1. The van der Waals surface area contributed by atoms with E-state index in [1.807, 2.05) is 6.92 Å². The van der Waals surface area contributed by atoms with Crippen LogP contribution in [0.4, 0.5) is 0 Å². The van der Waals surface area contributed by atoms with Gasteiger partial charge in [-0.25, -0.2) is 0 Å². The molecule has 0 aromatic rings. The molecular formula is C11H19N3O2. The molecule has 0 aromatic heterocycles. The molecular weight excluding hydrogens is 206 g/mol. The van der Waals surface area contributed by atoms with E-state index in [0.29, 0.717) is 19.5 Å². The lowest BCUT2D eigenvalue weighted by Gasteiger charge is -2.23. The van der Waals surface area contributed by atoms with E-state index in [-0.39, 0.29) is 17.9 Å². The summed E-state index contributed by atoms with van der Waals surface area (Å²) in [6, 6.07) is -0.0461. The van der Waals surface area contributed by atoms with Crippen LogP contribution in [0, 0.1) is 5.41 Å². The molecule has 0 spiro atoms. The van der Waals surface area contributed by atoms with Crippen molar-refractivity contribution < 1.29 is 9.59 Å². The summed E-state index contributed by atoms with van der Waals surface area (Å²) in [7, 11) is 0. The minimum atomic E-state index is -0.533. The van der Waals surface area contributed by atoms with Gasteiger partial charge in [0, 0.05) is 13.1 Å². The van der Waals surface area contributed by atoms with Crippen LogP contribution >= 0.6 is 0 Å². The summed E-state index contributed by atoms with van der Waals surface area (Å²) in [6.45, 7) is 3.87. The highest BCUT2D eigenvalue weighted by molar-refractivity contribution is 5.86. The normalized spacial score (nSPS) is 34.3. The van der Waals surface area contributed by atoms with Crippen LogP contribution in [0.5, 0.6) is 0 Å². The lowest BCUT2D eigenvalue weighted by Crippen LogP contribution is -2.44. The highest BCUT2D eigenvalue weighted by Crippen LogP contribution is 2.30. The van der Waals surface area contributed by atoms with Crippen molar-refractivity contribution >= 4 is 11.8 Å². The number of nitrogens with zero attached hydrogens (tertiary/aromatic N) is 1. The smallest absolute Gasteiger partial charge is 0.239 e. The molecule has 0 aromatic carbocycles. The Morgan fingerprint density at radius 2 is 2.25 bits per heavy atom. The highest BCUT2D eigenvalue weighted by Gasteiger charge is 2.42. The predicted octanol–water partition coefficient (Wildman–Crippen LogP) is -0.538. The summed E-state index contributed by atoms with van der Waals surface area (Å²) < 4.78 is 0. The summed E-state index contributed by atoms with van der Waals surface area (Å²) in [5.74, 6) is -0.176. The van der Waals surface area contributed by atoms with E-state index < -0.39 is 5.41 Å². The number of nitrogens with two attached hydrogens (primary N) is 1. The summed E-state index contributed by atoms with van der Waals surface area (Å²) in [5.41, 5.74) is 4.82. The molecule has 2 saturated heterocycles. The lowest BCUT2D eigenvalue weighted by molar-refractivity contribution is -0.133. The Labute approximate surface area is 95.3 Å². The fourth-order valence-corrected chi connectivity index (χ4v) is 2.47. The maximum atomic E-state index is 12.1. The lowest BCUT2D eigenvalue weighted by atomic mass is 9.89. The number of likely N-dealkylation sites (tertiary alicyclic amines) is 1. The maximum absolute atomic E-state index is 12.1. The van der Waals surface area contributed by atoms with Crippen LogP contribution in [0.1, 0.15) is 26.2 Å². The average molecular weight is 225 g/mol. The van der Waals surface area contributed by atoms with E-state index in [0.717, 1.165) is 19.4 Å². The molecule has 2 rings (SSSR count). The van der Waals surface area contributed by atoms with E-state index >= 15 is 0 Å². The Kier molecular flexibility index (Phi) is 2.88. The van der Waals surface area contributed by atoms with Crippen molar-refractivity contribution in [3.63, 3.8) is 0 Å². The second kappa shape index (κ2) is 4.05. The van der Waals surface area contributed by atoms with Gasteiger partial charge in [-0.3, -0.25) is 9.59 Å². The Morgan fingerprint density at radius 1 is 1.50 bits per heavy atom. The van der Waals surface area contributed by atoms with Crippen molar-refractivity contribution in [3.8, 4) is 0 Å². The molecule has 2 atom stereocenters. The molecule has 3 N–H and O–H groups in total. The average Bonchev–Trinajstić information content (AvgIpc) is 2.85. The molecule has 2 heterocycles. The predicted molar refractivity (Wildman–Crippen MR) is 59.5 cm³/mol. The third-order valence-electron chi connectivity index (χ3n) is 3.74. The van der Waals surface area contributed by atoms with Gasteiger partial charge in [0.25, 0.3) is 0 Å². The molecule has 2 amide bonds. The summed E-state index contributed by atoms with van der Waals surface area (Å²) in [6.07, 6.45) is 2.64. The van der Waals surface area contributed by atoms with Crippen LogP contribution in [0.2, 0.25) is 0 Å². The zero-order valence-corrected chi connectivity index (χ0v) is 9.66. The first-order valence-corrected chi connectivity index (χ1v) is 5.85. The van der Waals surface area contributed by atoms with Crippen LogP contribution in [0.3, 0.4) is 0 Å². The van der Waals surface area contributed by atoms with Gasteiger partial charge >= 0.3 is 0 Å². The van der Waals surface area contributed by atoms with E-state index in [4.69, 9.17) is 5.73 Å². The van der Waals surface area contributed by atoms with Gasteiger partial charge in [-0.05, 0) is 32.7 Å². The summed E-state index contributed by atoms with van der Waals surface area (Å²) in [5, 5.41) is 3.18. The van der Waals surface area contributed by atoms with E-state index in [9.17, 15) is 9.59 Å². The van der Waals surface area contributed by atoms with Crippen molar-refractivity contribution in [1.29, 1.82) is 0 Å². The number of nitrogens with one attached hydrogen (secondary N) is 1. The summed E-state index contributed by atoms with van der Waals surface area (Å²) in [4.78, 5) is 25.1. The van der Waals surface area contributed by atoms with E-state index in [2.05, 4.69) is 5.32 Å². The molecule has 2 fully saturated rings. The zero-order chi connectivity index (χ0) is 11.8. The van der Waals surface area contributed by atoms with Gasteiger partial charge < -0.3 is 16.0 Å². The van der Waals surface area contributed by atoms with Crippen molar-refractivity contribution in [1.82, 2.24) is 10.2 Å². The van der Waals surface area contributed by atoms with Crippen LogP contribution < -0.4 is 11.1 Å². The standard InChI is InChI=1S/C11H19N3O2/c1-11(10(12)16)4-6-14(7-11)9(15)8-3-2-5-13-8/h8,13H,2-7H2,1H3,(H2,12,16). The quantitative estimate of drug-likeness (QED) is 0.663. The molecule has 0 radical (unpaired) electrons. The van der Waals surface area contributed by atoms with Crippen LogP contribution in [0.25, 0.3) is 0 Å². The number of hydrogen-bond donors (Lipinski definition) is 2. The Morgan fingerprint density at radius 3 is 2.75 bits per heavy atom. The molecule has 0 saturated carbocycles. The Bertz CT molecular complexity index is 312. The number of hydrogen-bond acceptors (Lipinski definition) is 3. The van der Waals surface area contributed by atoms with Crippen molar-refractivity contribution in [2.24, 2.45) is 11.1 Å². The largest absolute Gasteiger partial charge is 0.369 e. The molecule has 5 nitrogen and oxygen atoms in total. The van der Waals surface area contributed by atoms with Gasteiger partial charge in [-0.15, -0.1) is 0 Å². The second-order valence-corrected chi connectivity index (χ2v) is 5.08. The first-order chi connectivity index (χ1) is 7.53. The molecule has 5 heteroatoms. The third-order valence-corrected chi connectivity index (χ3v) is 3.74. The Hall–Kier alpha value is -1.10. The minimum Gasteiger partial charge on any atom is -0.369 e. The zero-order valence-electron chi connectivity index (χ0n) is 9.66. The van der Waals surface area contributed by atoms with E-state index in [1.54, 1.807) is 4.90 Å². The van der Waals surface area contributed by atoms with Crippen LogP contribution in [-0.2, 0) is 9.59 Å². The van der Waals surface area contributed by atoms with Gasteiger partial charge in [-0.2, -0.15) is 0 Å². The minimum absolute atomic E-state index is 0.0461. The fourth-order valence-electron chi connectivity index (χ4n) is 2.47. The maximum Gasteiger partial charge on any atom is 0.239 e. The Balaban J connectivity index is 1.97. The molecule has 2 unspecified atom stereocenters. The van der Waals surface area contributed by atoms with Crippen molar-refractivity contribution in [2.75, 3.05) is 19.6 Å². The molecule has 0 bridgehead atoms. The SMILES string of the molecule is CC1(C(N)=O)CCN(C(=O)C2CCCN2)C1. The first kappa shape index (κ1) is 11.4. The number of rotatable bonds is 2. The highest BCUT2D eigenvalue weighted by atomic mass is 16.2. The molecule has 16 heavy (non-hydrogen) atoms. The van der Waals surface area contributed by atoms with Gasteiger partial charge in [0.05, 0.1) is 11.5 Å². The topological polar surface area (TPSA) is 75.4 Å². The second-order valence-electron chi connectivity index (χ2n) is 5.08. The first-order valence-electron chi connectivity index (χ1n) is 5.85. The molecule has 90 valence electrons. The summed E-state index contributed by atoms with van der Waals surface area (Å²) >= 11 is 0. The number of carbonyl (C=O) groups is 2. The molecule has 2 aliphatic rings. The third kappa shape index (κ3) is 1.91. The van der Waals surface area contributed by atoms with E-state index in [1.165, 1.54) is 0 Å². The van der Waals surface area contributed by atoms with Crippen molar-refractivity contribution in [2.45, 2.75) is 32.2 Å². The van der Waals surface area contributed by atoms with Crippen molar-refractivity contribution in [3.05, 3.63) is 0 Å². The number of amides is 2. The number of carbonyl (C=O) groups excluding carboxylic acids is 2.